The maximum Gasteiger partial charge on any atom is 0.337 e. The highest BCUT2D eigenvalue weighted by molar-refractivity contribution is 8.93. The lowest BCUT2D eigenvalue weighted by Crippen LogP contribution is -2.11. The van der Waals surface area contributed by atoms with Gasteiger partial charge in [0.2, 0.25) is 0 Å². The topological polar surface area (TPSA) is 55.1 Å². The van der Waals surface area contributed by atoms with E-state index in [0.717, 1.165) is 10.2 Å². The van der Waals surface area contributed by atoms with Crippen molar-refractivity contribution in [3.63, 3.8) is 0 Å². The Morgan fingerprint density at radius 3 is 2.94 bits per heavy atom. The zero-order valence-electron chi connectivity index (χ0n) is 9.80. The largest absolute Gasteiger partial charge is 0.465 e. The Kier molecular flexibility index (Phi) is 4.86. The first kappa shape index (κ1) is 14.7. The number of hydrogen-bond acceptors (Lipinski definition) is 4. The minimum absolute atomic E-state index is 0. The molecule has 0 unspecified atom stereocenters. The van der Waals surface area contributed by atoms with Crippen LogP contribution in [0.2, 0.25) is 0 Å². The van der Waals surface area contributed by atoms with Crippen molar-refractivity contribution in [2.24, 2.45) is 0 Å². The van der Waals surface area contributed by atoms with E-state index in [9.17, 15) is 4.79 Å². The van der Waals surface area contributed by atoms with Crippen molar-refractivity contribution >= 4 is 44.5 Å². The normalized spacial score (nSPS) is 9.83. The van der Waals surface area contributed by atoms with Crippen LogP contribution >= 0.6 is 28.3 Å². The molecule has 2 aromatic rings. The molecule has 0 saturated heterocycles. The second-order valence-electron chi connectivity index (χ2n) is 3.48. The van der Waals surface area contributed by atoms with Crippen molar-refractivity contribution in [3.8, 4) is 0 Å². The van der Waals surface area contributed by atoms with Gasteiger partial charge in [-0.05, 0) is 18.2 Å². The molecule has 1 aromatic heterocycles. The summed E-state index contributed by atoms with van der Waals surface area (Å²) < 4.78 is 7.41. The summed E-state index contributed by atoms with van der Waals surface area (Å²) in [6.45, 7) is 4.26. The number of nitrogens with one attached hydrogen (secondary N) is 1. The van der Waals surface area contributed by atoms with Crippen molar-refractivity contribution in [1.29, 1.82) is 5.41 Å². The van der Waals surface area contributed by atoms with Crippen LogP contribution in [0.15, 0.2) is 30.9 Å². The Morgan fingerprint density at radius 2 is 2.33 bits per heavy atom. The van der Waals surface area contributed by atoms with Crippen molar-refractivity contribution in [2.75, 3.05) is 7.11 Å². The first-order valence-corrected chi connectivity index (χ1v) is 5.86. The van der Waals surface area contributed by atoms with Crippen LogP contribution in [0.3, 0.4) is 0 Å². The predicted octanol–water partition coefficient (Wildman–Crippen LogP) is 2.73. The van der Waals surface area contributed by atoms with E-state index in [-0.39, 0.29) is 23.0 Å². The molecule has 1 heterocycles. The van der Waals surface area contributed by atoms with Crippen LogP contribution in [0.4, 0.5) is 0 Å². The van der Waals surface area contributed by atoms with Crippen LogP contribution in [0.5, 0.6) is 0 Å². The predicted molar refractivity (Wildman–Crippen MR) is 77.5 cm³/mol. The van der Waals surface area contributed by atoms with E-state index >= 15 is 0 Å². The van der Waals surface area contributed by atoms with Crippen molar-refractivity contribution < 1.29 is 9.53 Å². The number of fused-ring (bicyclic) bond motifs is 1. The number of rotatable bonds is 3. The second-order valence-corrected chi connectivity index (χ2v) is 4.51. The lowest BCUT2D eigenvalue weighted by atomic mass is 10.2. The molecule has 1 aromatic carbocycles. The average Bonchev–Trinajstić information content (AvgIpc) is 2.64. The monoisotopic (exact) mass is 328 g/mol. The van der Waals surface area contributed by atoms with Gasteiger partial charge in [-0.1, -0.05) is 17.4 Å². The molecule has 0 spiro atoms. The molecule has 1 N–H and O–H groups in total. The summed E-state index contributed by atoms with van der Waals surface area (Å²) in [6.07, 6.45) is 1.75. The van der Waals surface area contributed by atoms with Crippen molar-refractivity contribution in [3.05, 3.63) is 41.2 Å². The third kappa shape index (κ3) is 2.54. The van der Waals surface area contributed by atoms with Crippen LogP contribution in [-0.2, 0) is 11.3 Å². The number of aromatic nitrogens is 1. The van der Waals surface area contributed by atoms with Gasteiger partial charge in [0.1, 0.15) is 0 Å². The molecule has 6 heteroatoms. The zero-order valence-corrected chi connectivity index (χ0v) is 12.3. The number of allylic oxidation sites excluding steroid dienone is 1. The van der Waals surface area contributed by atoms with Gasteiger partial charge in [-0.15, -0.1) is 23.6 Å². The molecule has 0 atom stereocenters. The van der Waals surface area contributed by atoms with Gasteiger partial charge in [0.15, 0.2) is 4.80 Å². The first-order chi connectivity index (χ1) is 8.17. The summed E-state index contributed by atoms with van der Waals surface area (Å²) in [5, 5.41) is 7.84. The second kappa shape index (κ2) is 5.97. The number of nitrogens with zero attached hydrogens (tertiary/aromatic N) is 1. The molecule has 0 saturated carbocycles. The Bertz CT molecular complexity index is 645. The number of methoxy groups -OCH3 is 1. The molecule has 18 heavy (non-hydrogen) atoms. The third-order valence-corrected chi connectivity index (χ3v) is 3.40. The van der Waals surface area contributed by atoms with Gasteiger partial charge < -0.3 is 9.30 Å². The number of thiazole rings is 1. The SMILES string of the molecule is Br.C=CCn1c(=N)sc2cc(C(=O)OC)ccc21. The molecule has 0 aliphatic rings. The highest BCUT2D eigenvalue weighted by Crippen LogP contribution is 2.19. The fourth-order valence-corrected chi connectivity index (χ4v) is 2.60. The maximum atomic E-state index is 11.4. The molecule has 2 rings (SSSR count). The summed E-state index contributed by atoms with van der Waals surface area (Å²) in [6, 6.07) is 5.29. The van der Waals surface area contributed by atoms with E-state index in [4.69, 9.17) is 5.41 Å². The molecule has 0 radical (unpaired) electrons. The molecule has 0 aliphatic heterocycles. The Morgan fingerprint density at radius 1 is 1.61 bits per heavy atom. The fourth-order valence-electron chi connectivity index (χ4n) is 1.64. The molecular weight excluding hydrogens is 316 g/mol. The molecule has 0 fully saturated rings. The van der Waals surface area contributed by atoms with E-state index in [2.05, 4.69) is 11.3 Å². The van der Waals surface area contributed by atoms with Crippen LogP contribution in [0, 0.1) is 5.41 Å². The Labute approximate surface area is 119 Å². The van der Waals surface area contributed by atoms with Gasteiger partial charge >= 0.3 is 5.97 Å². The summed E-state index contributed by atoms with van der Waals surface area (Å²) in [4.78, 5) is 11.8. The van der Waals surface area contributed by atoms with Crippen molar-refractivity contribution in [1.82, 2.24) is 4.57 Å². The van der Waals surface area contributed by atoms with E-state index in [0.29, 0.717) is 16.9 Å². The summed E-state index contributed by atoms with van der Waals surface area (Å²) in [7, 11) is 1.36. The van der Waals surface area contributed by atoms with E-state index in [1.165, 1.54) is 18.4 Å². The Hall–Kier alpha value is -1.40. The summed E-state index contributed by atoms with van der Waals surface area (Å²) >= 11 is 1.33. The maximum absolute atomic E-state index is 11.4. The standard InChI is InChI=1S/C12H12N2O2S.BrH/c1-3-6-14-9-5-4-8(11(15)16-2)7-10(9)17-12(14)13;/h3-5,7,13H,1,6H2,2H3;1H. The quantitative estimate of drug-likeness (QED) is 0.695. The molecule has 0 aliphatic carbocycles. The first-order valence-electron chi connectivity index (χ1n) is 5.04. The molecular formula is C12H13BrN2O2S. The third-order valence-electron chi connectivity index (χ3n) is 2.44. The fraction of sp³-hybridized carbons (Fsp3) is 0.167. The summed E-state index contributed by atoms with van der Waals surface area (Å²) in [5.41, 5.74) is 1.44. The van der Waals surface area contributed by atoms with Gasteiger partial charge in [-0.3, -0.25) is 5.41 Å². The van der Waals surface area contributed by atoms with Gasteiger partial charge in [0, 0.05) is 6.54 Å². The smallest absolute Gasteiger partial charge is 0.337 e. The van der Waals surface area contributed by atoms with Gasteiger partial charge in [0.05, 0.1) is 22.9 Å². The zero-order chi connectivity index (χ0) is 12.4. The highest BCUT2D eigenvalue weighted by atomic mass is 79.9. The number of benzene rings is 1. The molecule has 96 valence electrons. The van der Waals surface area contributed by atoms with E-state index in [1.807, 2.05) is 10.6 Å². The number of carbonyl (C=O) groups excluding carboxylic acids is 1. The summed E-state index contributed by atoms with van der Waals surface area (Å²) in [5.74, 6) is -0.359. The minimum Gasteiger partial charge on any atom is -0.465 e. The number of carbonyl (C=O) groups is 1. The van der Waals surface area contributed by atoms with Crippen LogP contribution in [0.25, 0.3) is 10.2 Å². The molecule has 4 nitrogen and oxygen atoms in total. The van der Waals surface area contributed by atoms with Crippen LogP contribution in [0.1, 0.15) is 10.4 Å². The van der Waals surface area contributed by atoms with Gasteiger partial charge in [-0.25, -0.2) is 4.79 Å². The van der Waals surface area contributed by atoms with E-state index < -0.39 is 0 Å². The molecule has 0 bridgehead atoms. The average molecular weight is 329 g/mol. The van der Waals surface area contributed by atoms with Gasteiger partial charge in [-0.2, -0.15) is 0 Å². The van der Waals surface area contributed by atoms with E-state index in [1.54, 1.807) is 18.2 Å². The van der Waals surface area contributed by atoms with Crippen LogP contribution < -0.4 is 4.80 Å². The number of esters is 1. The lowest BCUT2D eigenvalue weighted by molar-refractivity contribution is 0.0601. The van der Waals surface area contributed by atoms with Crippen LogP contribution in [-0.4, -0.2) is 17.6 Å². The Balaban J connectivity index is 0.00000162. The lowest BCUT2D eigenvalue weighted by Gasteiger charge is -2.01. The van der Waals surface area contributed by atoms with Crippen molar-refractivity contribution in [2.45, 2.75) is 6.54 Å². The number of ether oxygens (including phenoxy) is 1. The molecule has 0 amide bonds. The van der Waals surface area contributed by atoms with Gasteiger partial charge in [0.25, 0.3) is 0 Å². The highest BCUT2D eigenvalue weighted by Gasteiger charge is 2.09. The number of hydrogen-bond donors (Lipinski definition) is 1. The number of halogens is 1. The minimum atomic E-state index is -0.359.